The van der Waals surface area contributed by atoms with E-state index in [1.807, 2.05) is 0 Å². The molecular formula is C13H24N2O. The Balaban J connectivity index is 2.03. The SMILES string of the molecule is CC1CC(C)C(C)N(C(=O)[C@@H]2CCCN2)C1. The number of amides is 1. The third-order valence-electron chi connectivity index (χ3n) is 4.24. The topological polar surface area (TPSA) is 32.3 Å². The number of hydrogen-bond donors (Lipinski definition) is 1. The molecule has 0 aromatic carbocycles. The minimum absolute atomic E-state index is 0.0972. The average molecular weight is 224 g/mol. The summed E-state index contributed by atoms with van der Waals surface area (Å²) in [6, 6.07) is 0.506. The lowest BCUT2D eigenvalue weighted by Gasteiger charge is -2.42. The summed E-state index contributed by atoms with van der Waals surface area (Å²) in [5.41, 5.74) is 0. The Kier molecular flexibility index (Phi) is 3.53. The van der Waals surface area contributed by atoms with Gasteiger partial charge in [0, 0.05) is 12.6 Å². The number of carbonyl (C=O) groups is 1. The van der Waals surface area contributed by atoms with Crippen molar-refractivity contribution in [1.29, 1.82) is 0 Å². The fourth-order valence-electron chi connectivity index (χ4n) is 3.10. The normalized spacial score (nSPS) is 40.1. The Hall–Kier alpha value is -0.570. The first kappa shape index (κ1) is 11.9. The number of likely N-dealkylation sites (tertiary alicyclic amines) is 1. The molecule has 2 heterocycles. The molecule has 0 bridgehead atoms. The van der Waals surface area contributed by atoms with Crippen molar-refractivity contribution < 1.29 is 4.79 Å². The van der Waals surface area contributed by atoms with Gasteiger partial charge in [0.05, 0.1) is 6.04 Å². The lowest BCUT2D eigenvalue weighted by Crippen LogP contribution is -2.53. The van der Waals surface area contributed by atoms with E-state index in [-0.39, 0.29) is 6.04 Å². The van der Waals surface area contributed by atoms with Crippen molar-refractivity contribution in [3.05, 3.63) is 0 Å². The van der Waals surface area contributed by atoms with Gasteiger partial charge in [-0.15, -0.1) is 0 Å². The number of carbonyl (C=O) groups excluding carboxylic acids is 1. The van der Waals surface area contributed by atoms with Gasteiger partial charge in [0.15, 0.2) is 0 Å². The van der Waals surface area contributed by atoms with Crippen LogP contribution in [0, 0.1) is 11.8 Å². The van der Waals surface area contributed by atoms with Crippen molar-refractivity contribution in [3.63, 3.8) is 0 Å². The molecule has 0 radical (unpaired) electrons. The molecule has 1 amide bonds. The molecule has 3 unspecified atom stereocenters. The van der Waals surface area contributed by atoms with E-state index in [0.717, 1.165) is 25.9 Å². The fraction of sp³-hybridized carbons (Fsp3) is 0.923. The fourth-order valence-corrected chi connectivity index (χ4v) is 3.10. The van der Waals surface area contributed by atoms with Crippen LogP contribution < -0.4 is 5.32 Å². The van der Waals surface area contributed by atoms with Crippen LogP contribution in [0.1, 0.15) is 40.0 Å². The summed E-state index contributed by atoms with van der Waals surface area (Å²) in [6.07, 6.45) is 3.41. The predicted molar refractivity (Wildman–Crippen MR) is 65.1 cm³/mol. The van der Waals surface area contributed by atoms with Crippen molar-refractivity contribution in [1.82, 2.24) is 10.2 Å². The Morgan fingerprint density at radius 3 is 2.69 bits per heavy atom. The van der Waals surface area contributed by atoms with Gasteiger partial charge in [-0.2, -0.15) is 0 Å². The lowest BCUT2D eigenvalue weighted by atomic mass is 9.85. The van der Waals surface area contributed by atoms with E-state index >= 15 is 0 Å². The van der Waals surface area contributed by atoms with Gasteiger partial charge in [-0.25, -0.2) is 0 Å². The monoisotopic (exact) mass is 224 g/mol. The van der Waals surface area contributed by atoms with Gasteiger partial charge in [-0.3, -0.25) is 4.79 Å². The largest absolute Gasteiger partial charge is 0.338 e. The van der Waals surface area contributed by atoms with E-state index in [0.29, 0.717) is 23.8 Å². The van der Waals surface area contributed by atoms with Gasteiger partial charge in [0.25, 0.3) is 0 Å². The van der Waals surface area contributed by atoms with E-state index in [9.17, 15) is 4.79 Å². The van der Waals surface area contributed by atoms with E-state index in [4.69, 9.17) is 0 Å². The molecule has 2 fully saturated rings. The first-order valence-electron chi connectivity index (χ1n) is 6.63. The third-order valence-corrected chi connectivity index (χ3v) is 4.24. The van der Waals surface area contributed by atoms with Crippen molar-refractivity contribution in [2.24, 2.45) is 11.8 Å². The zero-order valence-electron chi connectivity index (χ0n) is 10.7. The van der Waals surface area contributed by atoms with E-state index in [1.165, 1.54) is 6.42 Å². The quantitative estimate of drug-likeness (QED) is 0.734. The van der Waals surface area contributed by atoms with E-state index in [2.05, 4.69) is 31.0 Å². The van der Waals surface area contributed by atoms with Crippen LogP contribution in [0.3, 0.4) is 0 Å². The van der Waals surface area contributed by atoms with Crippen molar-refractivity contribution in [2.75, 3.05) is 13.1 Å². The second kappa shape index (κ2) is 4.74. The maximum atomic E-state index is 12.4. The van der Waals surface area contributed by atoms with Crippen LogP contribution in [0.5, 0.6) is 0 Å². The van der Waals surface area contributed by atoms with Crippen LogP contribution in [0.15, 0.2) is 0 Å². The summed E-state index contributed by atoms with van der Waals surface area (Å²) in [7, 11) is 0. The highest BCUT2D eigenvalue weighted by Gasteiger charge is 2.35. The molecule has 0 aromatic rings. The molecule has 4 atom stereocenters. The first-order valence-corrected chi connectivity index (χ1v) is 6.63. The molecule has 1 N–H and O–H groups in total. The van der Waals surface area contributed by atoms with Crippen LogP contribution in [0.2, 0.25) is 0 Å². The highest BCUT2D eigenvalue weighted by atomic mass is 16.2. The van der Waals surface area contributed by atoms with Crippen LogP contribution in [-0.4, -0.2) is 36.0 Å². The minimum atomic E-state index is 0.0972. The molecule has 92 valence electrons. The molecule has 0 aliphatic carbocycles. The lowest BCUT2D eigenvalue weighted by molar-refractivity contribution is -0.139. The smallest absolute Gasteiger partial charge is 0.239 e. The maximum absolute atomic E-state index is 12.4. The zero-order valence-corrected chi connectivity index (χ0v) is 10.7. The predicted octanol–water partition coefficient (Wildman–Crippen LogP) is 1.63. The van der Waals surface area contributed by atoms with Crippen LogP contribution >= 0.6 is 0 Å². The first-order chi connectivity index (χ1) is 7.59. The molecule has 2 saturated heterocycles. The van der Waals surface area contributed by atoms with Gasteiger partial charge in [-0.05, 0) is 44.6 Å². The summed E-state index contributed by atoms with van der Waals surface area (Å²) in [5, 5.41) is 3.31. The summed E-state index contributed by atoms with van der Waals surface area (Å²) in [4.78, 5) is 14.5. The molecule has 3 heteroatoms. The summed E-state index contributed by atoms with van der Waals surface area (Å²) in [5.74, 6) is 1.62. The van der Waals surface area contributed by atoms with Crippen molar-refractivity contribution in [3.8, 4) is 0 Å². The number of rotatable bonds is 1. The van der Waals surface area contributed by atoms with Crippen molar-refractivity contribution >= 4 is 5.91 Å². The molecule has 0 aromatic heterocycles. The third kappa shape index (κ3) is 2.24. The second-order valence-corrected chi connectivity index (χ2v) is 5.70. The molecule has 2 aliphatic heterocycles. The summed E-state index contributed by atoms with van der Waals surface area (Å²) >= 11 is 0. The highest BCUT2D eigenvalue weighted by Crippen LogP contribution is 2.28. The van der Waals surface area contributed by atoms with E-state index in [1.54, 1.807) is 0 Å². The molecule has 16 heavy (non-hydrogen) atoms. The van der Waals surface area contributed by atoms with Crippen LogP contribution in [0.25, 0.3) is 0 Å². The summed E-state index contributed by atoms with van der Waals surface area (Å²) < 4.78 is 0. The molecule has 0 spiro atoms. The number of hydrogen-bond acceptors (Lipinski definition) is 2. The molecule has 3 nitrogen and oxygen atoms in total. The number of nitrogens with one attached hydrogen (secondary N) is 1. The van der Waals surface area contributed by atoms with Gasteiger partial charge in [0.2, 0.25) is 5.91 Å². The van der Waals surface area contributed by atoms with Gasteiger partial charge >= 0.3 is 0 Å². The Labute approximate surface area is 98.6 Å². The minimum Gasteiger partial charge on any atom is -0.338 e. The van der Waals surface area contributed by atoms with Crippen LogP contribution in [0.4, 0.5) is 0 Å². The average Bonchev–Trinajstić information content (AvgIpc) is 2.75. The second-order valence-electron chi connectivity index (χ2n) is 5.70. The number of nitrogens with zero attached hydrogens (tertiary/aromatic N) is 1. The Morgan fingerprint density at radius 1 is 1.31 bits per heavy atom. The Morgan fingerprint density at radius 2 is 2.06 bits per heavy atom. The van der Waals surface area contributed by atoms with Gasteiger partial charge in [0.1, 0.15) is 0 Å². The molecule has 2 aliphatic rings. The molecule has 2 rings (SSSR count). The summed E-state index contributed by atoms with van der Waals surface area (Å²) in [6.45, 7) is 8.67. The van der Waals surface area contributed by atoms with Gasteiger partial charge in [-0.1, -0.05) is 13.8 Å². The van der Waals surface area contributed by atoms with Gasteiger partial charge < -0.3 is 10.2 Å². The molecule has 0 saturated carbocycles. The van der Waals surface area contributed by atoms with Crippen molar-refractivity contribution in [2.45, 2.75) is 52.1 Å². The standard InChI is InChI=1S/C13H24N2O/c1-9-7-10(2)11(3)15(8-9)13(16)12-5-4-6-14-12/h9-12,14H,4-8H2,1-3H3/t9?,10?,11?,12-/m0/s1. The molecular weight excluding hydrogens is 200 g/mol. The maximum Gasteiger partial charge on any atom is 0.239 e. The Bertz CT molecular complexity index is 261. The van der Waals surface area contributed by atoms with Crippen LogP contribution in [-0.2, 0) is 4.79 Å². The van der Waals surface area contributed by atoms with E-state index < -0.39 is 0 Å². The number of piperidine rings is 1. The highest BCUT2D eigenvalue weighted by molar-refractivity contribution is 5.82. The zero-order chi connectivity index (χ0) is 11.7.